The molecule has 0 atom stereocenters. The molecule has 3 heterocycles. The topological polar surface area (TPSA) is 75.5 Å². The van der Waals surface area contributed by atoms with Gasteiger partial charge in [-0.25, -0.2) is 14.8 Å². The molecule has 0 saturated carbocycles. The molecule has 1 aliphatic rings. The van der Waals surface area contributed by atoms with E-state index in [0.29, 0.717) is 0 Å². The number of hydrogen-bond acceptors (Lipinski definition) is 6. The molecule has 3 rings (SSSR count). The summed E-state index contributed by atoms with van der Waals surface area (Å²) in [6.45, 7) is 9.35. The molecule has 29 heavy (non-hydrogen) atoms. The summed E-state index contributed by atoms with van der Waals surface area (Å²) in [5, 5.41) is 7.12. The summed E-state index contributed by atoms with van der Waals surface area (Å²) >= 11 is 1.89. The van der Waals surface area contributed by atoms with E-state index >= 15 is 0 Å². The number of alkyl halides is 3. The molecule has 10 heteroatoms. The summed E-state index contributed by atoms with van der Waals surface area (Å²) in [6, 6.07) is 4.44. The Morgan fingerprint density at radius 2 is 1.93 bits per heavy atom. The number of thiophene rings is 1. The highest BCUT2D eigenvalue weighted by Gasteiger charge is 2.38. The quantitative estimate of drug-likeness (QED) is 0.792. The Morgan fingerprint density at radius 1 is 1.28 bits per heavy atom. The van der Waals surface area contributed by atoms with Crippen molar-refractivity contribution in [2.45, 2.75) is 52.4 Å². The van der Waals surface area contributed by atoms with Crippen molar-refractivity contribution in [3.05, 3.63) is 39.5 Å². The van der Waals surface area contributed by atoms with Crippen molar-refractivity contribution in [2.75, 3.05) is 13.1 Å². The molecule has 0 fully saturated rings. The number of carboxylic acid groups (broad SMARTS) is 1. The minimum absolute atomic E-state index is 0.146. The van der Waals surface area contributed by atoms with Gasteiger partial charge in [-0.2, -0.15) is 13.2 Å². The monoisotopic (exact) mass is 431 g/mol. The van der Waals surface area contributed by atoms with Gasteiger partial charge in [-0.3, -0.25) is 4.90 Å². The van der Waals surface area contributed by atoms with Gasteiger partial charge in [-0.1, -0.05) is 0 Å². The number of aliphatic carboxylic acids is 1. The minimum Gasteiger partial charge on any atom is -0.475 e. The first-order valence-corrected chi connectivity index (χ1v) is 9.95. The lowest BCUT2D eigenvalue weighted by atomic mass is 10.1. The van der Waals surface area contributed by atoms with Gasteiger partial charge in [-0.15, -0.1) is 11.3 Å². The molecule has 0 aliphatic carbocycles. The second kappa shape index (κ2) is 10.0. The number of nitrogens with zero attached hydrogens (tertiary/aromatic N) is 3. The Morgan fingerprint density at radius 3 is 2.48 bits per heavy atom. The van der Waals surface area contributed by atoms with Gasteiger partial charge >= 0.3 is 12.1 Å². The largest absolute Gasteiger partial charge is 0.490 e. The summed E-state index contributed by atoms with van der Waals surface area (Å²) < 4.78 is 37.6. The van der Waals surface area contributed by atoms with Crippen molar-refractivity contribution in [1.82, 2.24) is 14.9 Å². The molecular formula is C19H24F3N3O3S. The molecule has 6 nitrogen and oxygen atoms in total. The molecule has 1 aliphatic heterocycles. The predicted molar refractivity (Wildman–Crippen MR) is 103 cm³/mol. The van der Waals surface area contributed by atoms with Crippen LogP contribution in [-0.4, -0.2) is 51.3 Å². The van der Waals surface area contributed by atoms with E-state index in [1.807, 2.05) is 25.2 Å². The highest BCUT2D eigenvalue weighted by Crippen LogP contribution is 2.24. The second-order valence-electron chi connectivity index (χ2n) is 6.86. The van der Waals surface area contributed by atoms with Crippen molar-refractivity contribution < 1.29 is 27.8 Å². The minimum atomic E-state index is -5.08. The maximum absolute atomic E-state index is 10.6. The Hall–Kier alpha value is -2.20. The molecule has 0 spiro atoms. The van der Waals surface area contributed by atoms with Gasteiger partial charge in [0.15, 0.2) is 0 Å². The SMILES string of the molecule is Cc1ccc(CN2CCc3ncnc(OC(C)C)c3CC2)s1.O=C(O)C(F)(F)F. The number of carboxylic acids is 1. The molecule has 2 aromatic heterocycles. The summed E-state index contributed by atoms with van der Waals surface area (Å²) in [6.07, 6.45) is -1.37. The van der Waals surface area contributed by atoms with Gasteiger partial charge in [0, 0.05) is 41.4 Å². The third-order valence-corrected chi connectivity index (χ3v) is 5.09. The van der Waals surface area contributed by atoms with Crippen molar-refractivity contribution in [3.8, 4) is 5.88 Å². The zero-order valence-corrected chi connectivity index (χ0v) is 17.3. The number of ether oxygens (including phenoxy) is 1. The summed E-state index contributed by atoms with van der Waals surface area (Å²) in [5.74, 6) is -1.98. The van der Waals surface area contributed by atoms with E-state index in [-0.39, 0.29) is 6.10 Å². The van der Waals surface area contributed by atoms with Crippen molar-refractivity contribution in [3.63, 3.8) is 0 Å². The van der Waals surface area contributed by atoms with Crippen LogP contribution in [0, 0.1) is 6.92 Å². The summed E-state index contributed by atoms with van der Waals surface area (Å²) in [5.41, 5.74) is 2.34. The van der Waals surface area contributed by atoms with Crippen LogP contribution in [-0.2, 0) is 24.2 Å². The normalized spacial score (nSPS) is 14.6. The van der Waals surface area contributed by atoms with Crippen LogP contribution >= 0.6 is 11.3 Å². The number of aromatic nitrogens is 2. The molecule has 0 bridgehead atoms. The number of carbonyl (C=O) groups is 1. The van der Waals surface area contributed by atoms with Crippen molar-refractivity contribution in [1.29, 1.82) is 0 Å². The van der Waals surface area contributed by atoms with Crippen LogP contribution < -0.4 is 4.74 Å². The Kier molecular flexibility index (Phi) is 7.97. The van der Waals surface area contributed by atoms with E-state index in [1.54, 1.807) is 6.33 Å². The number of halogens is 3. The van der Waals surface area contributed by atoms with Crippen molar-refractivity contribution >= 4 is 17.3 Å². The molecule has 160 valence electrons. The second-order valence-corrected chi connectivity index (χ2v) is 8.23. The van der Waals surface area contributed by atoms with Gasteiger partial charge in [0.2, 0.25) is 5.88 Å². The lowest BCUT2D eigenvalue weighted by Gasteiger charge is -2.18. The van der Waals surface area contributed by atoms with Gasteiger partial charge in [0.25, 0.3) is 0 Å². The fraction of sp³-hybridized carbons (Fsp3) is 0.526. The lowest BCUT2D eigenvalue weighted by molar-refractivity contribution is -0.192. The first-order chi connectivity index (χ1) is 13.6. The first kappa shape index (κ1) is 23.1. The molecule has 0 aromatic carbocycles. The number of aryl methyl sites for hydroxylation is 1. The van der Waals surface area contributed by atoms with Gasteiger partial charge in [-0.05, 0) is 39.3 Å². The van der Waals surface area contributed by atoms with Crippen LogP contribution in [0.1, 0.15) is 34.9 Å². The summed E-state index contributed by atoms with van der Waals surface area (Å²) in [7, 11) is 0. The molecule has 2 aromatic rings. The Bertz CT molecular complexity index is 825. The molecule has 0 radical (unpaired) electrons. The average Bonchev–Trinajstić information content (AvgIpc) is 2.90. The third kappa shape index (κ3) is 7.28. The zero-order valence-electron chi connectivity index (χ0n) is 16.5. The summed E-state index contributed by atoms with van der Waals surface area (Å²) in [4.78, 5) is 23.0. The van der Waals surface area contributed by atoms with E-state index < -0.39 is 12.1 Å². The van der Waals surface area contributed by atoms with E-state index in [2.05, 4.69) is 33.9 Å². The van der Waals surface area contributed by atoms with Gasteiger partial charge in [0.05, 0.1) is 11.8 Å². The van der Waals surface area contributed by atoms with Gasteiger partial charge in [0.1, 0.15) is 6.33 Å². The van der Waals surface area contributed by atoms with E-state index in [9.17, 15) is 13.2 Å². The zero-order chi connectivity index (χ0) is 21.6. The van der Waals surface area contributed by atoms with E-state index in [1.165, 1.54) is 15.3 Å². The third-order valence-electron chi connectivity index (χ3n) is 4.10. The average molecular weight is 431 g/mol. The fourth-order valence-electron chi connectivity index (χ4n) is 2.82. The smallest absolute Gasteiger partial charge is 0.475 e. The standard InChI is InChI=1S/C17H23N3OS.C2HF3O2/c1-12(2)21-17-15-6-8-20(9-7-16(15)18-11-19-17)10-14-5-4-13(3)22-14;3-2(4,5)1(6)7/h4-5,11-12H,6-10H2,1-3H3;(H,6,7). The van der Waals surface area contributed by atoms with Crippen LogP contribution in [0.25, 0.3) is 0 Å². The first-order valence-electron chi connectivity index (χ1n) is 9.13. The van der Waals surface area contributed by atoms with Crippen LogP contribution in [0.2, 0.25) is 0 Å². The number of fused-ring (bicyclic) bond motifs is 1. The lowest BCUT2D eigenvalue weighted by Crippen LogP contribution is -2.25. The maximum Gasteiger partial charge on any atom is 0.490 e. The highest BCUT2D eigenvalue weighted by molar-refractivity contribution is 7.11. The molecule has 1 N–H and O–H groups in total. The Labute approximate surface area is 171 Å². The van der Waals surface area contributed by atoms with Crippen molar-refractivity contribution in [2.24, 2.45) is 0 Å². The van der Waals surface area contributed by atoms with E-state index in [0.717, 1.165) is 44.0 Å². The maximum atomic E-state index is 10.6. The molecule has 0 amide bonds. The fourth-order valence-corrected chi connectivity index (χ4v) is 3.75. The van der Waals surface area contributed by atoms with E-state index in [4.69, 9.17) is 14.6 Å². The van der Waals surface area contributed by atoms with Crippen LogP contribution in [0.3, 0.4) is 0 Å². The number of hydrogen-bond donors (Lipinski definition) is 1. The van der Waals surface area contributed by atoms with Gasteiger partial charge < -0.3 is 9.84 Å². The predicted octanol–water partition coefficient (Wildman–Crippen LogP) is 3.87. The number of rotatable bonds is 4. The van der Waals surface area contributed by atoms with Crippen LogP contribution in [0.4, 0.5) is 13.2 Å². The molecule has 0 saturated heterocycles. The molecule has 0 unspecified atom stereocenters. The molecular weight excluding hydrogens is 407 g/mol. The van der Waals surface area contributed by atoms with Crippen LogP contribution in [0.15, 0.2) is 18.5 Å². The van der Waals surface area contributed by atoms with Crippen LogP contribution in [0.5, 0.6) is 5.88 Å². The Balaban J connectivity index is 0.000000370. The highest BCUT2D eigenvalue weighted by atomic mass is 32.1.